The van der Waals surface area contributed by atoms with E-state index in [0.29, 0.717) is 16.8 Å². The van der Waals surface area contributed by atoms with Crippen LogP contribution in [-0.2, 0) is 6.54 Å². The van der Waals surface area contributed by atoms with Crippen molar-refractivity contribution in [3.63, 3.8) is 0 Å². The minimum Gasteiger partial charge on any atom is -0.348 e. The molecule has 0 aliphatic heterocycles. The summed E-state index contributed by atoms with van der Waals surface area (Å²) in [7, 11) is 0. The van der Waals surface area contributed by atoms with Crippen molar-refractivity contribution < 1.29 is 9.18 Å². The second-order valence-corrected chi connectivity index (χ2v) is 3.91. The lowest BCUT2D eigenvalue weighted by molar-refractivity contribution is 0.0949. The SMILES string of the molecule is Cc1ncccc1C(=O)NCc1ccccc1F. The molecule has 0 spiro atoms. The maximum atomic E-state index is 13.4. The van der Waals surface area contributed by atoms with Crippen LogP contribution in [0, 0.1) is 12.7 Å². The second-order valence-electron chi connectivity index (χ2n) is 3.91. The van der Waals surface area contributed by atoms with Crippen molar-refractivity contribution in [2.45, 2.75) is 13.5 Å². The first-order valence-corrected chi connectivity index (χ1v) is 5.61. The van der Waals surface area contributed by atoms with Gasteiger partial charge >= 0.3 is 0 Å². The highest BCUT2D eigenvalue weighted by molar-refractivity contribution is 5.95. The Hall–Kier alpha value is -2.23. The average Bonchev–Trinajstić information content (AvgIpc) is 2.38. The van der Waals surface area contributed by atoms with Crippen LogP contribution >= 0.6 is 0 Å². The van der Waals surface area contributed by atoms with Crippen molar-refractivity contribution in [3.05, 3.63) is 65.2 Å². The molecule has 0 saturated heterocycles. The van der Waals surface area contributed by atoms with Gasteiger partial charge in [-0.25, -0.2) is 4.39 Å². The number of aromatic nitrogens is 1. The Morgan fingerprint density at radius 3 is 2.78 bits per heavy atom. The van der Waals surface area contributed by atoms with E-state index in [1.807, 2.05) is 0 Å². The smallest absolute Gasteiger partial charge is 0.253 e. The number of pyridine rings is 1. The Labute approximate surface area is 105 Å². The standard InChI is InChI=1S/C14H13FN2O/c1-10-12(6-4-8-16-10)14(18)17-9-11-5-2-3-7-13(11)15/h2-8H,9H2,1H3,(H,17,18). The number of halogens is 1. The summed E-state index contributed by atoms with van der Waals surface area (Å²) >= 11 is 0. The number of carbonyl (C=O) groups is 1. The fraction of sp³-hybridized carbons (Fsp3) is 0.143. The van der Waals surface area contributed by atoms with Crippen molar-refractivity contribution in [2.75, 3.05) is 0 Å². The molecule has 92 valence electrons. The summed E-state index contributed by atoms with van der Waals surface area (Å²) < 4.78 is 13.4. The molecule has 3 nitrogen and oxygen atoms in total. The molecule has 0 aliphatic rings. The molecule has 1 N–H and O–H groups in total. The number of hydrogen-bond acceptors (Lipinski definition) is 2. The molecule has 2 rings (SSSR count). The van der Waals surface area contributed by atoms with Gasteiger partial charge in [-0.2, -0.15) is 0 Å². The molecule has 2 aromatic rings. The van der Waals surface area contributed by atoms with E-state index in [0.717, 1.165) is 0 Å². The lowest BCUT2D eigenvalue weighted by atomic mass is 10.1. The van der Waals surface area contributed by atoms with E-state index in [1.54, 1.807) is 43.5 Å². The Bertz CT molecular complexity index is 569. The highest BCUT2D eigenvalue weighted by atomic mass is 19.1. The summed E-state index contributed by atoms with van der Waals surface area (Å²) in [6.07, 6.45) is 1.63. The van der Waals surface area contributed by atoms with Crippen LogP contribution in [-0.4, -0.2) is 10.9 Å². The van der Waals surface area contributed by atoms with Crippen molar-refractivity contribution in [1.29, 1.82) is 0 Å². The van der Waals surface area contributed by atoms with Crippen LogP contribution in [0.25, 0.3) is 0 Å². The third-order valence-electron chi connectivity index (χ3n) is 2.65. The van der Waals surface area contributed by atoms with E-state index < -0.39 is 0 Å². The van der Waals surface area contributed by atoms with E-state index >= 15 is 0 Å². The van der Waals surface area contributed by atoms with Gasteiger partial charge in [-0.15, -0.1) is 0 Å². The normalized spacial score (nSPS) is 10.1. The van der Waals surface area contributed by atoms with Crippen LogP contribution in [0.1, 0.15) is 21.6 Å². The van der Waals surface area contributed by atoms with E-state index in [2.05, 4.69) is 10.3 Å². The van der Waals surface area contributed by atoms with Crippen LogP contribution in [0.15, 0.2) is 42.6 Å². The summed E-state index contributed by atoms with van der Waals surface area (Å²) in [5.74, 6) is -0.565. The topological polar surface area (TPSA) is 42.0 Å². The predicted molar refractivity (Wildman–Crippen MR) is 66.5 cm³/mol. The van der Waals surface area contributed by atoms with Crippen LogP contribution in [0.4, 0.5) is 4.39 Å². The molecule has 1 heterocycles. The van der Waals surface area contributed by atoms with E-state index in [-0.39, 0.29) is 18.3 Å². The molecule has 0 unspecified atom stereocenters. The van der Waals surface area contributed by atoms with Crippen LogP contribution < -0.4 is 5.32 Å². The summed E-state index contributed by atoms with van der Waals surface area (Å²) in [6.45, 7) is 1.93. The van der Waals surface area contributed by atoms with Crippen LogP contribution in [0.5, 0.6) is 0 Å². The lowest BCUT2D eigenvalue weighted by Gasteiger charge is -2.07. The van der Waals surface area contributed by atoms with Crippen molar-refractivity contribution >= 4 is 5.91 Å². The minimum absolute atomic E-state index is 0.167. The van der Waals surface area contributed by atoms with E-state index in [1.165, 1.54) is 6.07 Å². The lowest BCUT2D eigenvalue weighted by Crippen LogP contribution is -2.24. The molecule has 18 heavy (non-hydrogen) atoms. The number of carbonyl (C=O) groups excluding carboxylic acids is 1. The van der Waals surface area contributed by atoms with Crippen LogP contribution in [0.2, 0.25) is 0 Å². The number of aryl methyl sites for hydroxylation is 1. The number of amides is 1. The fourth-order valence-electron chi connectivity index (χ4n) is 1.64. The average molecular weight is 244 g/mol. The first-order valence-electron chi connectivity index (χ1n) is 5.61. The maximum Gasteiger partial charge on any atom is 0.253 e. The van der Waals surface area contributed by atoms with Gasteiger partial charge in [0.15, 0.2) is 0 Å². The van der Waals surface area contributed by atoms with Gasteiger partial charge in [-0.3, -0.25) is 9.78 Å². The molecule has 1 aromatic heterocycles. The molecule has 1 aromatic carbocycles. The van der Waals surface area contributed by atoms with Gasteiger partial charge in [0.05, 0.1) is 5.56 Å². The first-order chi connectivity index (χ1) is 8.68. The minimum atomic E-state index is -0.319. The zero-order valence-electron chi connectivity index (χ0n) is 9.98. The van der Waals surface area contributed by atoms with E-state index in [9.17, 15) is 9.18 Å². The number of nitrogens with zero attached hydrogens (tertiary/aromatic N) is 1. The molecule has 0 fully saturated rings. The number of hydrogen-bond donors (Lipinski definition) is 1. The third-order valence-corrected chi connectivity index (χ3v) is 2.65. The number of rotatable bonds is 3. The maximum absolute atomic E-state index is 13.4. The monoisotopic (exact) mass is 244 g/mol. The second kappa shape index (κ2) is 5.40. The largest absolute Gasteiger partial charge is 0.348 e. The van der Waals surface area contributed by atoms with Gasteiger partial charge in [-0.1, -0.05) is 18.2 Å². The Morgan fingerprint density at radius 1 is 1.28 bits per heavy atom. The highest BCUT2D eigenvalue weighted by Crippen LogP contribution is 2.07. The highest BCUT2D eigenvalue weighted by Gasteiger charge is 2.09. The number of nitrogens with one attached hydrogen (secondary N) is 1. The molecule has 1 amide bonds. The zero-order valence-corrected chi connectivity index (χ0v) is 9.98. The summed E-state index contributed by atoms with van der Waals surface area (Å²) in [6, 6.07) is 9.76. The number of benzene rings is 1. The molecule has 0 saturated carbocycles. The van der Waals surface area contributed by atoms with Gasteiger partial charge in [-0.05, 0) is 25.1 Å². The molecular formula is C14H13FN2O. The van der Waals surface area contributed by atoms with Crippen molar-refractivity contribution in [1.82, 2.24) is 10.3 Å². The van der Waals surface area contributed by atoms with Gasteiger partial charge in [0, 0.05) is 24.0 Å². The Kier molecular flexibility index (Phi) is 3.67. The summed E-state index contributed by atoms with van der Waals surface area (Å²) in [4.78, 5) is 15.9. The van der Waals surface area contributed by atoms with Gasteiger partial charge in [0.1, 0.15) is 5.82 Å². The van der Waals surface area contributed by atoms with Crippen LogP contribution in [0.3, 0.4) is 0 Å². The molecule has 0 aliphatic carbocycles. The third kappa shape index (κ3) is 2.71. The quantitative estimate of drug-likeness (QED) is 0.901. The fourth-order valence-corrected chi connectivity index (χ4v) is 1.64. The van der Waals surface area contributed by atoms with Gasteiger partial charge in [0.2, 0.25) is 0 Å². The summed E-state index contributed by atoms with van der Waals surface area (Å²) in [5.41, 5.74) is 1.63. The zero-order chi connectivity index (χ0) is 13.0. The van der Waals surface area contributed by atoms with Crippen molar-refractivity contribution in [3.8, 4) is 0 Å². The first kappa shape index (κ1) is 12.2. The van der Waals surface area contributed by atoms with Crippen molar-refractivity contribution in [2.24, 2.45) is 0 Å². The van der Waals surface area contributed by atoms with Gasteiger partial charge in [0.25, 0.3) is 5.91 Å². The molecule has 0 atom stereocenters. The summed E-state index contributed by atoms with van der Waals surface area (Å²) in [5, 5.41) is 2.68. The van der Waals surface area contributed by atoms with E-state index in [4.69, 9.17) is 0 Å². The molecule has 4 heteroatoms. The molecule has 0 radical (unpaired) electrons. The van der Waals surface area contributed by atoms with Gasteiger partial charge < -0.3 is 5.32 Å². The molecular weight excluding hydrogens is 231 g/mol. The molecule has 0 bridgehead atoms. The Morgan fingerprint density at radius 2 is 2.06 bits per heavy atom. The Balaban J connectivity index is 2.06. The predicted octanol–water partition coefficient (Wildman–Crippen LogP) is 2.46.